The number of carbonyl (C=O) groups excluding carboxylic acids is 2. The number of H-pyrrole nitrogens is 1. The Morgan fingerprint density at radius 3 is 3.00 bits per heavy atom. The zero-order valence-electron chi connectivity index (χ0n) is 17.7. The van der Waals surface area contributed by atoms with Crippen LogP contribution in [0.5, 0.6) is 0 Å². The van der Waals surface area contributed by atoms with Crippen LogP contribution >= 0.6 is 0 Å². The smallest absolute Gasteiger partial charge is 0.248 e. The highest BCUT2D eigenvalue weighted by molar-refractivity contribution is 6.00. The highest BCUT2D eigenvalue weighted by Crippen LogP contribution is 2.19. The summed E-state index contributed by atoms with van der Waals surface area (Å²) in [5, 5.41) is 1.59. The number of rotatable bonds is 5. The van der Waals surface area contributed by atoms with Crippen LogP contribution in [0, 0.1) is 5.92 Å². The number of imidazole rings is 1. The molecule has 3 aliphatic rings. The van der Waals surface area contributed by atoms with Crippen molar-refractivity contribution >= 4 is 29.5 Å². The van der Waals surface area contributed by atoms with Crippen molar-refractivity contribution in [3.05, 3.63) is 58.6 Å². The first-order valence-corrected chi connectivity index (χ1v) is 10.7. The second-order valence-electron chi connectivity index (χ2n) is 8.13. The lowest BCUT2D eigenvalue weighted by molar-refractivity contribution is -0.131. The first-order valence-electron chi connectivity index (χ1n) is 10.7. The summed E-state index contributed by atoms with van der Waals surface area (Å²) in [5.41, 5.74) is 6.85. The minimum absolute atomic E-state index is 0.128. The Morgan fingerprint density at radius 1 is 1.32 bits per heavy atom. The van der Waals surface area contributed by atoms with Gasteiger partial charge in [-0.2, -0.15) is 0 Å². The van der Waals surface area contributed by atoms with Gasteiger partial charge < -0.3 is 20.4 Å². The highest BCUT2D eigenvalue weighted by Gasteiger charge is 2.22. The molecule has 2 aliphatic carbocycles. The summed E-state index contributed by atoms with van der Waals surface area (Å²) in [6.07, 6.45) is 18.1. The number of fused-ring (bicyclic) bond motifs is 1. The molecule has 2 atom stereocenters. The van der Waals surface area contributed by atoms with Crippen molar-refractivity contribution in [2.45, 2.75) is 32.3 Å². The number of aromatic amines is 1. The van der Waals surface area contributed by atoms with E-state index >= 15 is 0 Å². The van der Waals surface area contributed by atoms with Crippen molar-refractivity contribution in [1.29, 1.82) is 0 Å². The van der Waals surface area contributed by atoms with E-state index in [0.29, 0.717) is 24.5 Å². The van der Waals surface area contributed by atoms with Gasteiger partial charge in [0, 0.05) is 31.2 Å². The van der Waals surface area contributed by atoms with Crippen LogP contribution in [0.25, 0.3) is 17.7 Å². The number of aromatic nitrogens is 2. The molecular formula is C24H28N4O3. The standard InChI is InChI=1S/C24H28N4O3/c1-16(29)28-12-4-5-17(14-28)15-31-20-8-2-6-18(10-11-20)24-26-21-9-3-7-19(23(25)30)13-22(21)27-24/h2,6-11,13,17,20H,3-5,12,14-15H2,1H3,(H2,25,30)(H,26,27). The van der Waals surface area contributed by atoms with E-state index in [1.807, 2.05) is 41.4 Å². The third-order valence-corrected chi connectivity index (χ3v) is 5.80. The zero-order chi connectivity index (χ0) is 21.8. The van der Waals surface area contributed by atoms with Crippen LogP contribution in [0.15, 0.2) is 42.0 Å². The number of ether oxygens (including phenoxy) is 1. The van der Waals surface area contributed by atoms with Gasteiger partial charge in [-0.1, -0.05) is 42.5 Å². The van der Waals surface area contributed by atoms with E-state index in [-0.39, 0.29) is 12.0 Å². The SMILES string of the molecule is CC(=O)N1CCCC(COC2C=CC=C(c3nc4c([nH]3)=CC(C(N)=O)=CCC=4)C=C2)C1. The number of likely N-dealkylation sites (tertiary alicyclic amines) is 1. The van der Waals surface area contributed by atoms with Gasteiger partial charge in [-0.25, -0.2) is 4.98 Å². The number of carbonyl (C=O) groups is 2. The molecule has 0 radical (unpaired) electrons. The summed E-state index contributed by atoms with van der Waals surface area (Å²) in [5.74, 6) is 0.791. The predicted octanol–water partition coefficient (Wildman–Crippen LogP) is 0.939. The van der Waals surface area contributed by atoms with Crippen LogP contribution in [0.2, 0.25) is 0 Å². The summed E-state index contributed by atoms with van der Waals surface area (Å²) < 4.78 is 6.11. The molecule has 1 aliphatic heterocycles. The average molecular weight is 421 g/mol. The third-order valence-electron chi connectivity index (χ3n) is 5.80. The molecule has 0 spiro atoms. The lowest BCUT2D eigenvalue weighted by Gasteiger charge is -2.32. The Bertz CT molecular complexity index is 1110. The fourth-order valence-corrected chi connectivity index (χ4v) is 4.08. The second-order valence-corrected chi connectivity index (χ2v) is 8.13. The molecule has 0 aromatic carbocycles. The Morgan fingerprint density at radius 2 is 2.19 bits per heavy atom. The Hall–Kier alpha value is -3.19. The Labute approximate surface area is 181 Å². The number of nitrogens with one attached hydrogen (secondary N) is 1. The predicted molar refractivity (Wildman–Crippen MR) is 120 cm³/mol. The molecule has 162 valence electrons. The normalized spacial score (nSPS) is 22.9. The molecule has 7 nitrogen and oxygen atoms in total. The maximum atomic E-state index is 11.6. The number of hydrogen-bond donors (Lipinski definition) is 2. The number of piperidine rings is 1. The minimum atomic E-state index is -0.446. The fourth-order valence-electron chi connectivity index (χ4n) is 4.08. The molecule has 2 amide bonds. The summed E-state index contributed by atoms with van der Waals surface area (Å²) >= 11 is 0. The van der Waals surface area contributed by atoms with Gasteiger partial charge in [0.1, 0.15) is 5.82 Å². The molecule has 2 unspecified atom stereocenters. The Kier molecular flexibility index (Phi) is 6.32. The topological polar surface area (TPSA) is 101 Å². The number of nitrogens with two attached hydrogens (primary N) is 1. The van der Waals surface area contributed by atoms with Crippen LogP contribution < -0.4 is 16.4 Å². The van der Waals surface area contributed by atoms with Gasteiger partial charge in [-0.3, -0.25) is 9.59 Å². The van der Waals surface area contributed by atoms with Crippen molar-refractivity contribution in [2.24, 2.45) is 11.7 Å². The minimum Gasteiger partial charge on any atom is -0.370 e. The monoisotopic (exact) mass is 420 g/mol. The van der Waals surface area contributed by atoms with Gasteiger partial charge in [0.15, 0.2) is 0 Å². The van der Waals surface area contributed by atoms with Gasteiger partial charge in [-0.15, -0.1) is 0 Å². The molecule has 1 fully saturated rings. The van der Waals surface area contributed by atoms with Crippen molar-refractivity contribution in [3.8, 4) is 0 Å². The first-order chi connectivity index (χ1) is 15.0. The van der Waals surface area contributed by atoms with E-state index in [0.717, 1.165) is 48.0 Å². The van der Waals surface area contributed by atoms with Crippen molar-refractivity contribution in [1.82, 2.24) is 14.9 Å². The summed E-state index contributed by atoms with van der Waals surface area (Å²) in [4.78, 5) is 33.0. The molecule has 1 aromatic rings. The van der Waals surface area contributed by atoms with Crippen LogP contribution in [-0.2, 0) is 14.3 Å². The first kappa shape index (κ1) is 21.1. The summed E-state index contributed by atoms with van der Waals surface area (Å²) in [6.45, 7) is 3.87. The van der Waals surface area contributed by atoms with Gasteiger partial charge in [0.05, 0.1) is 23.4 Å². The largest absolute Gasteiger partial charge is 0.370 e. The number of hydrogen-bond acceptors (Lipinski definition) is 4. The average Bonchev–Trinajstić information content (AvgIpc) is 2.92. The van der Waals surface area contributed by atoms with E-state index < -0.39 is 5.91 Å². The summed E-state index contributed by atoms with van der Waals surface area (Å²) in [6, 6.07) is 0. The van der Waals surface area contributed by atoms with E-state index in [1.165, 1.54) is 0 Å². The van der Waals surface area contributed by atoms with E-state index in [4.69, 9.17) is 10.5 Å². The number of primary amides is 1. The number of allylic oxidation sites excluding steroid dienone is 5. The van der Waals surface area contributed by atoms with Crippen LogP contribution in [-0.4, -0.2) is 52.5 Å². The zero-order valence-corrected chi connectivity index (χ0v) is 17.7. The lowest BCUT2D eigenvalue weighted by atomic mass is 9.99. The van der Waals surface area contributed by atoms with Crippen LogP contribution in [0.3, 0.4) is 0 Å². The van der Waals surface area contributed by atoms with Gasteiger partial charge in [0.25, 0.3) is 0 Å². The highest BCUT2D eigenvalue weighted by atomic mass is 16.5. The van der Waals surface area contributed by atoms with Crippen molar-refractivity contribution in [3.63, 3.8) is 0 Å². The molecule has 2 heterocycles. The van der Waals surface area contributed by atoms with E-state index in [2.05, 4.69) is 9.97 Å². The molecule has 1 aromatic heterocycles. The van der Waals surface area contributed by atoms with Gasteiger partial charge >= 0.3 is 0 Å². The molecule has 3 N–H and O–H groups in total. The van der Waals surface area contributed by atoms with Gasteiger partial charge in [-0.05, 0) is 31.3 Å². The molecule has 0 bridgehead atoms. The number of amides is 2. The lowest BCUT2D eigenvalue weighted by Crippen LogP contribution is -2.40. The molecule has 0 saturated carbocycles. The Balaban J connectivity index is 1.42. The number of nitrogens with zero attached hydrogens (tertiary/aromatic N) is 2. The van der Waals surface area contributed by atoms with E-state index in [9.17, 15) is 9.59 Å². The fraction of sp³-hybridized carbons (Fsp3) is 0.375. The van der Waals surface area contributed by atoms with Crippen molar-refractivity contribution < 1.29 is 14.3 Å². The van der Waals surface area contributed by atoms with Crippen LogP contribution in [0.1, 0.15) is 32.0 Å². The molecule has 4 rings (SSSR count). The molecule has 7 heteroatoms. The second kappa shape index (κ2) is 9.31. The maximum absolute atomic E-state index is 11.6. The molecule has 1 saturated heterocycles. The van der Waals surface area contributed by atoms with Crippen LogP contribution in [0.4, 0.5) is 0 Å². The van der Waals surface area contributed by atoms with Crippen molar-refractivity contribution in [2.75, 3.05) is 19.7 Å². The third kappa shape index (κ3) is 5.11. The quantitative estimate of drug-likeness (QED) is 0.740. The molecule has 31 heavy (non-hydrogen) atoms. The maximum Gasteiger partial charge on any atom is 0.248 e. The summed E-state index contributed by atoms with van der Waals surface area (Å²) in [7, 11) is 0. The van der Waals surface area contributed by atoms with E-state index in [1.54, 1.807) is 19.1 Å². The molecular weight excluding hydrogens is 392 g/mol. The van der Waals surface area contributed by atoms with Gasteiger partial charge in [0.2, 0.25) is 11.8 Å².